The molecule has 0 aliphatic heterocycles. The van der Waals surface area contributed by atoms with Gasteiger partial charge in [0.1, 0.15) is 5.82 Å². The van der Waals surface area contributed by atoms with Crippen molar-refractivity contribution in [1.29, 1.82) is 0 Å². The molecule has 0 atom stereocenters. The van der Waals surface area contributed by atoms with Gasteiger partial charge >= 0.3 is 0 Å². The Kier molecular flexibility index (Phi) is 2.78. The number of amides is 1. The maximum absolute atomic E-state index is 13.2. The topological polar surface area (TPSA) is 29.1 Å². The SMILES string of the molecule is Cc1cc(Br)c(F)cc1NC(=O)C1CC1. The average Bonchev–Trinajstić information content (AvgIpc) is 2.97. The van der Waals surface area contributed by atoms with E-state index in [9.17, 15) is 9.18 Å². The monoisotopic (exact) mass is 271 g/mol. The van der Waals surface area contributed by atoms with Crippen LogP contribution < -0.4 is 5.32 Å². The third-order valence-corrected chi connectivity index (χ3v) is 3.08. The predicted octanol–water partition coefficient (Wildman–Crippen LogP) is 3.25. The first-order valence-electron chi connectivity index (χ1n) is 4.84. The quantitative estimate of drug-likeness (QED) is 0.879. The van der Waals surface area contributed by atoms with E-state index in [0.717, 1.165) is 18.4 Å². The Bertz CT molecular complexity index is 415. The molecule has 0 radical (unpaired) electrons. The number of carbonyl (C=O) groups excluding carboxylic acids is 1. The number of carbonyl (C=O) groups is 1. The fraction of sp³-hybridized carbons (Fsp3) is 0.364. The Morgan fingerprint density at radius 1 is 1.53 bits per heavy atom. The molecule has 4 heteroatoms. The van der Waals surface area contributed by atoms with E-state index in [0.29, 0.717) is 10.2 Å². The lowest BCUT2D eigenvalue weighted by Crippen LogP contribution is -2.14. The van der Waals surface area contributed by atoms with Crippen molar-refractivity contribution >= 4 is 27.5 Å². The molecular formula is C11H11BrFNO. The van der Waals surface area contributed by atoms with Crippen LogP contribution in [0.2, 0.25) is 0 Å². The minimum atomic E-state index is -0.355. The molecule has 80 valence electrons. The lowest BCUT2D eigenvalue weighted by molar-refractivity contribution is -0.117. The van der Waals surface area contributed by atoms with Gasteiger partial charge in [0, 0.05) is 11.6 Å². The molecule has 1 N–H and O–H groups in total. The molecule has 1 aromatic carbocycles. The Labute approximate surface area is 96.0 Å². The zero-order valence-corrected chi connectivity index (χ0v) is 9.90. The molecule has 0 bridgehead atoms. The molecule has 0 spiro atoms. The highest BCUT2D eigenvalue weighted by molar-refractivity contribution is 9.10. The standard InChI is InChI=1S/C11H11BrFNO/c1-6-4-8(12)9(13)5-10(6)14-11(15)7-2-3-7/h4-5,7H,2-3H2,1H3,(H,14,15). The molecule has 0 unspecified atom stereocenters. The molecule has 1 aliphatic rings. The van der Waals surface area contributed by atoms with Crippen molar-refractivity contribution in [3.8, 4) is 0 Å². The Hall–Kier alpha value is -0.900. The lowest BCUT2D eigenvalue weighted by atomic mass is 10.2. The minimum absolute atomic E-state index is 0.000164. The van der Waals surface area contributed by atoms with E-state index in [4.69, 9.17) is 0 Å². The summed E-state index contributed by atoms with van der Waals surface area (Å²) in [6.45, 7) is 1.84. The van der Waals surface area contributed by atoms with Crippen LogP contribution in [0.1, 0.15) is 18.4 Å². The van der Waals surface area contributed by atoms with Gasteiger partial charge in [-0.3, -0.25) is 4.79 Å². The van der Waals surface area contributed by atoms with Crippen LogP contribution in [0.4, 0.5) is 10.1 Å². The number of halogens is 2. The van der Waals surface area contributed by atoms with Crippen LogP contribution >= 0.6 is 15.9 Å². The van der Waals surface area contributed by atoms with Crippen LogP contribution in [0.3, 0.4) is 0 Å². The number of aryl methyl sites for hydroxylation is 1. The van der Waals surface area contributed by atoms with E-state index in [2.05, 4.69) is 21.2 Å². The van der Waals surface area contributed by atoms with Crippen LogP contribution in [0.25, 0.3) is 0 Å². The highest BCUT2D eigenvalue weighted by Gasteiger charge is 2.29. The van der Waals surface area contributed by atoms with Crippen molar-refractivity contribution in [3.05, 3.63) is 28.0 Å². The van der Waals surface area contributed by atoms with Crippen molar-refractivity contribution < 1.29 is 9.18 Å². The van der Waals surface area contributed by atoms with Gasteiger partial charge in [-0.1, -0.05) is 0 Å². The summed E-state index contributed by atoms with van der Waals surface area (Å²) in [5.74, 6) is -0.220. The second-order valence-corrected chi connectivity index (χ2v) is 4.70. The molecule has 1 saturated carbocycles. The number of hydrogen-bond acceptors (Lipinski definition) is 1. The van der Waals surface area contributed by atoms with Gasteiger partial charge in [0.05, 0.1) is 4.47 Å². The lowest BCUT2D eigenvalue weighted by Gasteiger charge is -2.08. The third-order valence-electron chi connectivity index (χ3n) is 2.47. The number of benzene rings is 1. The van der Waals surface area contributed by atoms with Crippen molar-refractivity contribution in [2.24, 2.45) is 5.92 Å². The Balaban J connectivity index is 2.20. The zero-order valence-electron chi connectivity index (χ0n) is 8.31. The predicted molar refractivity (Wildman–Crippen MR) is 60.2 cm³/mol. The van der Waals surface area contributed by atoms with Gasteiger partial charge in [-0.15, -0.1) is 0 Å². The molecule has 1 aromatic rings. The van der Waals surface area contributed by atoms with Gasteiger partial charge in [0.2, 0.25) is 5.91 Å². The molecular weight excluding hydrogens is 261 g/mol. The summed E-state index contributed by atoms with van der Waals surface area (Å²) in [4.78, 5) is 11.5. The van der Waals surface area contributed by atoms with Crippen LogP contribution in [0.15, 0.2) is 16.6 Å². The molecule has 1 fully saturated rings. The number of nitrogens with one attached hydrogen (secondary N) is 1. The molecule has 1 aliphatic carbocycles. The molecule has 0 saturated heterocycles. The Morgan fingerprint density at radius 3 is 2.80 bits per heavy atom. The van der Waals surface area contributed by atoms with Crippen LogP contribution in [-0.4, -0.2) is 5.91 Å². The minimum Gasteiger partial charge on any atom is -0.326 e. The van der Waals surface area contributed by atoms with Crippen molar-refractivity contribution in [2.45, 2.75) is 19.8 Å². The number of rotatable bonds is 2. The summed E-state index contributed by atoms with van der Waals surface area (Å²) < 4.78 is 13.6. The average molecular weight is 272 g/mol. The van der Waals surface area contributed by atoms with Crippen molar-refractivity contribution in [1.82, 2.24) is 0 Å². The third kappa shape index (κ3) is 2.37. The summed E-state index contributed by atoms with van der Waals surface area (Å²) in [6.07, 6.45) is 1.90. The second kappa shape index (κ2) is 3.93. The summed E-state index contributed by atoms with van der Waals surface area (Å²) in [6, 6.07) is 3.01. The fourth-order valence-corrected chi connectivity index (χ4v) is 1.82. The normalized spacial score (nSPS) is 15.1. The van der Waals surface area contributed by atoms with Crippen molar-refractivity contribution in [3.63, 3.8) is 0 Å². The summed E-state index contributed by atoms with van der Waals surface area (Å²) >= 11 is 3.10. The first kappa shape index (κ1) is 10.6. The van der Waals surface area contributed by atoms with Crippen LogP contribution in [0.5, 0.6) is 0 Å². The number of anilines is 1. The van der Waals surface area contributed by atoms with Gasteiger partial charge < -0.3 is 5.32 Å². The molecule has 2 nitrogen and oxygen atoms in total. The van der Waals surface area contributed by atoms with Crippen LogP contribution in [0, 0.1) is 18.7 Å². The van der Waals surface area contributed by atoms with Crippen LogP contribution in [-0.2, 0) is 4.79 Å². The molecule has 0 heterocycles. The van der Waals surface area contributed by atoms with Crippen molar-refractivity contribution in [2.75, 3.05) is 5.32 Å². The summed E-state index contributed by atoms with van der Waals surface area (Å²) in [7, 11) is 0. The van der Waals surface area contributed by atoms with Gasteiger partial charge in [-0.05, 0) is 53.4 Å². The first-order valence-corrected chi connectivity index (χ1v) is 5.63. The van der Waals surface area contributed by atoms with Gasteiger partial charge in [0.25, 0.3) is 0 Å². The van der Waals surface area contributed by atoms with E-state index in [-0.39, 0.29) is 17.6 Å². The zero-order chi connectivity index (χ0) is 11.0. The smallest absolute Gasteiger partial charge is 0.227 e. The van der Waals surface area contributed by atoms with E-state index >= 15 is 0 Å². The van der Waals surface area contributed by atoms with E-state index in [1.54, 1.807) is 6.07 Å². The maximum Gasteiger partial charge on any atom is 0.227 e. The maximum atomic E-state index is 13.2. The molecule has 0 aromatic heterocycles. The molecule has 15 heavy (non-hydrogen) atoms. The first-order chi connectivity index (χ1) is 7.08. The molecule has 2 rings (SSSR count). The Morgan fingerprint density at radius 2 is 2.20 bits per heavy atom. The molecule has 1 amide bonds. The van der Waals surface area contributed by atoms with Gasteiger partial charge in [0.15, 0.2) is 0 Å². The number of hydrogen-bond donors (Lipinski definition) is 1. The summed E-state index contributed by atoms with van der Waals surface area (Å²) in [5.41, 5.74) is 1.42. The van der Waals surface area contributed by atoms with Gasteiger partial charge in [-0.2, -0.15) is 0 Å². The van der Waals surface area contributed by atoms with E-state index < -0.39 is 0 Å². The second-order valence-electron chi connectivity index (χ2n) is 3.84. The van der Waals surface area contributed by atoms with E-state index in [1.807, 2.05) is 6.92 Å². The highest BCUT2D eigenvalue weighted by atomic mass is 79.9. The largest absolute Gasteiger partial charge is 0.326 e. The summed E-state index contributed by atoms with van der Waals surface area (Å²) in [5, 5.41) is 2.74. The highest BCUT2D eigenvalue weighted by Crippen LogP contribution is 2.31. The van der Waals surface area contributed by atoms with E-state index in [1.165, 1.54) is 6.07 Å². The van der Waals surface area contributed by atoms with Gasteiger partial charge in [-0.25, -0.2) is 4.39 Å². The fourth-order valence-electron chi connectivity index (χ4n) is 1.36.